The van der Waals surface area contributed by atoms with E-state index in [4.69, 9.17) is 5.14 Å². The number of para-hydroxylation sites is 1. The third-order valence-corrected chi connectivity index (χ3v) is 3.44. The van der Waals surface area contributed by atoms with Gasteiger partial charge in [-0.1, -0.05) is 12.1 Å². The molecule has 0 bridgehead atoms. The Morgan fingerprint density at radius 3 is 2.80 bits per heavy atom. The largest absolute Gasteiger partial charge is 0.506 e. The molecule has 0 unspecified atom stereocenters. The zero-order chi connectivity index (χ0) is 11.1. The highest BCUT2D eigenvalue weighted by atomic mass is 32.2. The number of hydrogen-bond acceptors (Lipinski definition) is 3. The van der Waals surface area contributed by atoms with Crippen molar-refractivity contribution in [3.05, 3.63) is 23.8 Å². The first kappa shape index (κ1) is 10.3. The van der Waals surface area contributed by atoms with Crippen LogP contribution in [-0.4, -0.2) is 20.1 Å². The van der Waals surface area contributed by atoms with Gasteiger partial charge in [-0.3, -0.25) is 4.31 Å². The van der Waals surface area contributed by atoms with Gasteiger partial charge in [-0.05, 0) is 24.5 Å². The van der Waals surface area contributed by atoms with Crippen LogP contribution in [0.3, 0.4) is 0 Å². The highest BCUT2D eigenvalue weighted by molar-refractivity contribution is 7.90. The summed E-state index contributed by atoms with van der Waals surface area (Å²) in [5, 5.41) is 14.7. The second kappa shape index (κ2) is 3.39. The van der Waals surface area contributed by atoms with Crippen molar-refractivity contribution in [2.24, 2.45) is 5.14 Å². The Morgan fingerprint density at radius 2 is 2.13 bits per heavy atom. The van der Waals surface area contributed by atoms with Crippen LogP contribution in [0.25, 0.3) is 0 Å². The Labute approximate surface area is 88.3 Å². The number of anilines is 1. The first-order valence-electron chi connectivity index (χ1n) is 4.61. The first-order chi connectivity index (χ1) is 7.00. The topological polar surface area (TPSA) is 83.6 Å². The monoisotopic (exact) mass is 228 g/mol. The van der Waals surface area contributed by atoms with E-state index < -0.39 is 10.2 Å². The fourth-order valence-corrected chi connectivity index (χ4v) is 2.70. The summed E-state index contributed by atoms with van der Waals surface area (Å²) in [5.74, 6) is -0.0405. The minimum atomic E-state index is -3.79. The van der Waals surface area contributed by atoms with E-state index in [9.17, 15) is 13.5 Å². The van der Waals surface area contributed by atoms with Crippen LogP contribution in [0.4, 0.5) is 5.69 Å². The van der Waals surface area contributed by atoms with Crippen molar-refractivity contribution in [2.45, 2.75) is 12.8 Å². The lowest BCUT2D eigenvalue weighted by Crippen LogP contribution is -2.40. The molecule has 0 aromatic heterocycles. The van der Waals surface area contributed by atoms with E-state index in [1.54, 1.807) is 12.1 Å². The number of nitrogens with two attached hydrogens (primary N) is 1. The van der Waals surface area contributed by atoms with Gasteiger partial charge in [0.2, 0.25) is 0 Å². The number of rotatable bonds is 1. The quantitative estimate of drug-likeness (QED) is 0.727. The maximum Gasteiger partial charge on any atom is 0.299 e. The molecular formula is C9H12N2O3S. The molecule has 1 heterocycles. The number of phenols is 1. The van der Waals surface area contributed by atoms with Crippen LogP contribution in [0.2, 0.25) is 0 Å². The van der Waals surface area contributed by atoms with Crippen molar-refractivity contribution < 1.29 is 13.5 Å². The second-order valence-corrected chi connectivity index (χ2v) is 4.98. The maximum absolute atomic E-state index is 11.3. The van der Waals surface area contributed by atoms with Crippen molar-refractivity contribution in [3.8, 4) is 5.75 Å². The summed E-state index contributed by atoms with van der Waals surface area (Å²) >= 11 is 0. The molecule has 6 heteroatoms. The molecule has 3 N–H and O–H groups in total. The lowest BCUT2D eigenvalue weighted by molar-refractivity contribution is 0.473. The summed E-state index contributed by atoms with van der Waals surface area (Å²) in [5.41, 5.74) is 1.14. The van der Waals surface area contributed by atoms with Gasteiger partial charge in [0.1, 0.15) is 5.75 Å². The summed E-state index contributed by atoms with van der Waals surface area (Å²) in [6.07, 6.45) is 1.47. The molecule has 0 saturated carbocycles. The molecule has 0 fully saturated rings. The van der Waals surface area contributed by atoms with Gasteiger partial charge in [0.15, 0.2) is 0 Å². The Hall–Kier alpha value is -1.27. The van der Waals surface area contributed by atoms with Gasteiger partial charge >= 0.3 is 0 Å². The lowest BCUT2D eigenvalue weighted by atomic mass is 10.0. The molecule has 5 nitrogen and oxygen atoms in total. The van der Waals surface area contributed by atoms with E-state index in [1.807, 2.05) is 0 Å². The van der Waals surface area contributed by atoms with Gasteiger partial charge in [0.25, 0.3) is 10.2 Å². The smallest absolute Gasteiger partial charge is 0.299 e. The number of fused-ring (bicyclic) bond motifs is 1. The Balaban J connectivity index is 2.60. The molecule has 2 rings (SSSR count). The van der Waals surface area contributed by atoms with Gasteiger partial charge in [-0.2, -0.15) is 8.42 Å². The molecule has 0 spiro atoms. The van der Waals surface area contributed by atoms with Gasteiger partial charge in [0, 0.05) is 6.54 Å². The van der Waals surface area contributed by atoms with Gasteiger partial charge in [-0.25, -0.2) is 5.14 Å². The maximum atomic E-state index is 11.3. The molecule has 0 amide bonds. The van der Waals surface area contributed by atoms with Crippen LogP contribution in [0.15, 0.2) is 18.2 Å². The summed E-state index contributed by atoms with van der Waals surface area (Å²) in [6.45, 7) is 0.323. The number of nitrogens with zero attached hydrogens (tertiary/aromatic N) is 1. The van der Waals surface area contributed by atoms with E-state index in [0.717, 1.165) is 16.3 Å². The van der Waals surface area contributed by atoms with Crippen LogP contribution in [0, 0.1) is 0 Å². The average molecular weight is 228 g/mol. The van der Waals surface area contributed by atoms with Crippen molar-refractivity contribution in [3.63, 3.8) is 0 Å². The number of aryl methyl sites for hydroxylation is 1. The molecule has 1 aliphatic rings. The van der Waals surface area contributed by atoms with E-state index in [0.29, 0.717) is 18.7 Å². The summed E-state index contributed by atoms with van der Waals surface area (Å²) in [6, 6.07) is 4.95. The molecule has 0 saturated heterocycles. The summed E-state index contributed by atoms with van der Waals surface area (Å²) < 4.78 is 23.6. The van der Waals surface area contributed by atoms with Crippen molar-refractivity contribution in [1.82, 2.24) is 0 Å². The molecule has 0 atom stereocenters. The molecule has 0 aliphatic carbocycles. The molecular weight excluding hydrogens is 216 g/mol. The Morgan fingerprint density at radius 1 is 1.40 bits per heavy atom. The third-order valence-electron chi connectivity index (χ3n) is 2.46. The first-order valence-corrected chi connectivity index (χ1v) is 6.12. The number of aromatic hydroxyl groups is 1. The number of hydrogen-bond donors (Lipinski definition) is 2. The van der Waals surface area contributed by atoms with Crippen molar-refractivity contribution >= 4 is 15.9 Å². The number of benzene rings is 1. The minimum absolute atomic E-state index is 0.0405. The van der Waals surface area contributed by atoms with E-state index >= 15 is 0 Å². The average Bonchev–Trinajstić information content (AvgIpc) is 2.16. The van der Waals surface area contributed by atoms with Crippen molar-refractivity contribution in [2.75, 3.05) is 10.8 Å². The normalized spacial score (nSPS) is 16.2. The zero-order valence-corrected chi connectivity index (χ0v) is 8.87. The van der Waals surface area contributed by atoms with Crippen molar-refractivity contribution in [1.29, 1.82) is 0 Å². The summed E-state index contributed by atoms with van der Waals surface area (Å²) in [4.78, 5) is 0. The fraction of sp³-hybridized carbons (Fsp3) is 0.333. The van der Waals surface area contributed by atoms with Crippen LogP contribution in [0.1, 0.15) is 12.0 Å². The molecule has 0 radical (unpaired) electrons. The predicted octanol–water partition coefficient (Wildman–Crippen LogP) is 0.348. The van der Waals surface area contributed by atoms with E-state index in [1.165, 1.54) is 6.07 Å². The van der Waals surface area contributed by atoms with Crippen LogP contribution < -0.4 is 9.44 Å². The van der Waals surface area contributed by atoms with Crippen LogP contribution >= 0.6 is 0 Å². The van der Waals surface area contributed by atoms with Crippen LogP contribution in [-0.2, 0) is 16.6 Å². The van der Waals surface area contributed by atoms with E-state index in [-0.39, 0.29) is 5.75 Å². The Bertz CT molecular complexity index is 484. The summed E-state index contributed by atoms with van der Waals surface area (Å²) in [7, 11) is -3.79. The standard InChI is InChI=1S/C9H12N2O3S/c10-15(13,14)11-6-2-4-7-3-1-5-8(12)9(7)11/h1,3,5,12H,2,4,6H2,(H2,10,13,14). The van der Waals surface area contributed by atoms with Gasteiger partial charge < -0.3 is 5.11 Å². The second-order valence-electron chi connectivity index (χ2n) is 3.51. The molecule has 1 aromatic rings. The Kier molecular flexibility index (Phi) is 2.32. The molecule has 82 valence electrons. The third kappa shape index (κ3) is 1.78. The highest BCUT2D eigenvalue weighted by Crippen LogP contribution is 2.36. The van der Waals surface area contributed by atoms with Gasteiger partial charge in [0.05, 0.1) is 5.69 Å². The van der Waals surface area contributed by atoms with E-state index in [2.05, 4.69) is 0 Å². The van der Waals surface area contributed by atoms with Crippen LogP contribution in [0.5, 0.6) is 5.75 Å². The fourth-order valence-electron chi connectivity index (χ4n) is 1.85. The minimum Gasteiger partial charge on any atom is -0.506 e. The molecule has 1 aliphatic heterocycles. The molecule has 15 heavy (non-hydrogen) atoms. The molecule has 1 aromatic carbocycles. The number of phenolic OH excluding ortho intramolecular Hbond substituents is 1. The SMILES string of the molecule is NS(=O)(=O)N1CCCc2cccc(O)c21. The highest BCUT2D eigenvalue weighted by Gasteiger charge is 2.26. The predicted molar refractivity (Wildman–Crippen MR) is 56.9 cm³/mol. The zero-order valence-electron chi connectivity index (χ0n) is 8.05. The lowest BCUT2D eigenvalue weighted by Gasteiger charge is -2.29. The van der Waals surface area contributed by atoms with Gasteiger partial charge in [-0.15, -0.1) is 0 Å².